The zero-order valence-electron chi connectivity index (χ0n) is 9.94. The molecule has 0 bridgehead atoms. The van der Waals surface area contributed by atoms with E-state index in [1.54, 1.807) is 30.3 Å². The summed E-state index contributed by atoms with van der Waals surface area (Å²) in [5, 5.41) is 10.0. The molecule has 0 aromatic heterocycles. The molecule has 0 aliphatic carbocycles. The van der Waals surface area contributed by atoms with Crippen LogP contribution in [0.3, 0.4) is 0 Å². The number of benzene rings is 2. The molecule has 2 rings (SSSR count). The highest BCUT2D eigenvalue weighted by Gasteiger charge is 2.07. The minimum absolute atomic E-state index is 0.113. The number of hydrogen-bond acceptors (Lipinski definition) is 4. The van der Waals surface area contributed by atoms with Gasteiger partial charge in [0.15, 0.2) is 0 Å². The lowest BCUT2D eigenvalue weighted by Crippen LogP contribution is -1.88. The Bertz CT molecular complexity index is 674. The Morgan fingerprint density at radius 2 is 1.50 bits per heavy atom. The number of hydrogen-bond donors (Lipinski definition) is 0. The first-order chi connectivity index (χ1) is 9.30. The van der Waals surface area contributed by atoms with Crippen LogP contribution in [-0.4, -0.2) is 13.3 Å². The van der Waals surface area contributed by atoms with Gasteiger partial charge in [0.1, 0.15) is 0 Å². The molecule has 0 fully saturated rings. The lowest BCUT2D eigenvalue weighted by Gasteiger charge is -1.93. The van der Waals surface area contributed by atoms with Crippen LogP contribution in [-0.2, 0) is 9.05 Å². The third-order valence-corrected chi connectivity index (χ3v) is 3.96. The van der Waals surface area contributed by atoms with Crippen molar-refractivity contribution in [1.82, 2.24) is 0 Å². The van der Waals surface area contributed by atoms with Gasteiger partial charge in [0, 0.05) is 27.3 Å². The third-order valence-electron chi connectivity index (χ3n) is 2.06. The lowest BCUT2D eigenvalue weighted by molar-refractivity contribution is -0.384. The second-order valence-electron chi connectivity index (χ2n) is 3.48. The first kappa shape index (κ1) is 16.6. The second kappa shape index (κ2) is 7.37. The van der Waals surface area contributed by atoms with Crippen LogP contribution >= 0.6 is 26.6 Å². The van der Waals surface area contributed by atoms with E-state index < -0.39 is 14.0 Å². The minimum atomic E-state index is -3.57. The molecule has 0 saturated heterocycles. The van der Waals surface area contributed by atoms with Crippen molar-refractivity contribution in [3.63, 3.8) is 0 Å². The molecule has 2 aromatic carbocycles. The first-order valence-electron chi connectivity index (χ1n) is 5.20. The van der Waals surface area contributed by atoms with E-state index in [0.29, 0.717) is 0 Å². The predicted octanol–water partition coefficient (Wildman–Crippen LogP) is 3.97. The number of non-ortho nitro benzene ring substituents is 1. The van der Waals surface area contributed by atoms with Gasteiger partial charge in [-0.3, -0.25) is 10.1 Å². The molecule has 5 nitrogen and oxygen atoms in total. The number of para-hydroxylation sites is 1. The molecular weight excluding hydrogens is 370 g/mol. The van der Waals surface area contributed by atoms with E-state index in [1.165, 1.54) is 24.3 Å². The van der Waals surface area contributed by atoms with Gasteiger partial charge in [-0.2, -0.15) is 0 Å². The van der Waals surface area contributed by atoms with Gasteiger partial charge < -0.3 is 0 Å². The molecule has 0 aliphatic heterocycles. The maximum atomic E-state index is 10.7. The van der Waals surface area contributed by atoms with Crippen LogP contribution in [0.25, 0.3) is 0 Å². The Morgan fingerprint density at radius 3 is 1.85 bits per heavy atom. The average molecular weight is 379 g/mol. The Kier molecular flexibility index (Phi) is 6.12. The van der Waals surface area contributed by atoms with Crippen LogP contribution in [0.2, 0.25) is 0 Å². The molecule has 0 spiro atoms. The van der Waals surface area contributed by atoms with E-state index in [-0.39, 0.29) is 10.6 Å². The highest BCUT2D eigenvalue weighted by molar-refractivity contribution is 9.10. The molecule has 0 atom stereocenters. The van der Waals surface area contributed by atoms with Crippen LogP contribution in [0.4, 0.5) is 5.69 Å². The lowest BCUT2D eigenvalue weighted by atomic mass is 10.3. The molecule has 0 radical (unpaired) electrons. The molecule has 0 N–H and O–H groups in total. The molecule has 0 heterocycles. The van der Waals surface area contributed by atoms with E-state index in [1.807, 2.05) is 0 Å². The zero-order chi connectivity index (χ0) is 15.2. The molecule has 2 aromatic rings. The number of nitro benzene ring substituents is 1. The summed E-state index contributed by atoms with van der Waals surface area (Å²) < 4.78 is 22.2. The third kappa shape index (κ3) is 5.68. The standard InChI is InChI=1S/C6H4BrClO2S.C6H5NO2/c7-5-1-3-6(4-2-5)11(8,9)10;8-7(9)6-4-2-1-3-5-6/h1-4H;1-5H. The summed E-state index contributed by atoms with van der Waals surface area (Å²) in [5.74, 6) is 0. The Morgan fingerprint density at radius 1 is 1.00 bits per heavy atom. The molecule has 0 saturated carbocycles. The summed E-state index contributed by atoms with van der Waals surface area (Å²) in [6.45, 7) is 0. The van der Waals surface area contributed by atoms with Crippen molar-refractivity contribution in [1.29, 1.82) is 0 Å². The molecule has 106 valence electrons. The van der Waals surface area contributed by atoms with Gasteiger partial charge in [0.05, 0.1) is 9.82 Å². The van der Waals surface area contributed by atoms with Gasteiger partial charge in [0.25, 0.3) is 14.7 Å². The molecule has 8 heteroatoms. The van der Waals surface area contributed by atoms with Crippen LogP contribution in [0.5, 0.6) is 0 Å². The Hall–Kier alpha value is -1.44. The van der Waals surface area contributed by atoms with Gasteiger partial charge in [-0.15, -0.1) is 0 Å². The van der Waals surface area contributed by atoms with Gasteiger partial charge in [-0.25, -0.2) is 8.42 Å². The van der Waals surface area contributed by atoms with Gasteiger partial charge >= 0.3 is 0 Å². The summed E-state index contributed by atoms with van der Waals surface area (Å²) in [5.41, 5.74) is 0.137. The second-order valence-corrected chi connectivity index (χ2v) is 6.97. The molecule has 20 heavy (non-hydrogen) atoms. The summed E-state index contributed by atoms with van der Waals surface area (Å²) in [7, 11) is 1.50. The number of nitro groups is 1. The molecule has 0 unspecified atom stereocenters. The number of halogens is 2. The van der Waals surface area contributed by atoms with Gasteiger partial charge in [-0.05, 0) is 24.3 Å². The summed E-state index contributed by atoms with van der Waals surface area (Å²) in [6, 6.07) is 14.0. The smallest absolute Gasteiger partial charge is 0.258 e. The number of rotatable bonds is 2. The largest absolute Gasteiger partial charge is 0.269 e. The quantitative estimate of drug-likeness (QED) is 0.450. The molecule has 0 aliphatic rings. The Balaban J connectivity index is 0.000000204. The van der Waals surface area contributed by atoms with Gasteiger partial charge in [-0.1, -0.05) is 34.1 Å². The van der Waals surface area contributed by atoms with Crippen LogP contribution in [0.1, 0.15) is 0 Å². The van der Waals surface area contributed by atoms with Crippen molar-refractivity contribution in [2.75, 3.05) is 0 Å². The zero-order valence-corrected chi connectivity index (χ0v) is 13.1. The summed E-state index contributed by atoms with van der Waals surface area (Å²) in [6.07, 6.45) is 0. The average Bonchev–Trinajstić information content (AvgIpc) is 2.40. The molecule has 0 amide bonds. The van der Waals surface area contributed by atoms with Gasteiger partial charge in [0.2, 0.25) is 0 Å². The maximum Gasteiger partial charge on any atom is 0.269 e. The van der Waals surface area contributed by atoms with Crippen molar-refractivity contribution in [3.05, 3.63) is 69.2 Å². The van der Waals surface area contributed by atoms with E-state index >= 15 is 0 Å². The highest BCUT2D eigenvalue weighted by atomic mass is 79.9. The Labute approximate surface area is 128 Å². The fourth-order valence-corrected chi connectivity index (χ4v) is 2.18. The van der Waals surface area contributed by atoms with Crippen molar-refractivity contribution in [2.24, 2.45) is 0 Å². The maximum absolute atomic E-state index is 10.7. The van der Waals surface area contributed by atoms with Crippen molar-refractivity contribution in [2.45, 2.75) is 4.90 Å². The first-order valence-corrected chi connectivity index (χ1v) is 8.30. The van der Waals surface area contributed by atoms with E-state index in [0.717, 1.165) is 4.47 Å². The predicted molar refractivity (Wildman–Crippen MR) is 80.3 cm³/mol. The summed E-state index contributed by atoms with van der Waals surface area (Å²) in [4.78, 5) is 9.70. The van der Waals surface area contributed by atoms with Crippen molar-refractivity contribution in [3.8, 4) is 0 Å². The van der Waals surface area contributed by atoms with E-state index in [2.05, 4.69) is 15.9 Å². The van der Waals surface area contributed by atoms with Crippen LogP contribution in [0, 0.1) is 10.1 Å². The van der Waals surface area contributed by atoms with E-state index in [9.17, 15) is 18.5 Å². The fourth-order valence-electron chi connectivity index (χ4n) is 1.15. The molecular formula is C12H9BrClNO4S. The fraction of sp³-hybridized carbons (Fsp3) is 0. The topological polar surface area (TPSA) is 77.3 Å². The monoisotopic (exact) mass is 377 g/mol. The van der Waals surface area contributed by atoms with E-state index in [4.69, 9.17) is 10.7 Å². The SMILES string of the molecule is O=S(=O)(Cl)c1ccc(Br)cc1.O=[N+]([O-])c1ccccc1. The summed E-state index contributed by atoms with van der Waals surface area (Å²) >= 11 is 3.17. The van der Waals surface area contributed by atoms with Crippen LogP contribution in [0.15, 0.2) is 64.0 Å². The highest BCUT2D eigenvalue weighted by Crippen LogP contribution is 2.17. The minimum Gasteiger partial charge on any atom is -0.258 e. The van der Waals surface area contributed by atoms with Crippen molar-refractivity contribution < 1.29 is 13.3 Å². The normalized spacial score (nSPS) is 10.3. The number of nitrogens with zero attached hydrogens (tertiary/aromatic N) is 1. The van der Waals surface area contributed by atoms with Crippen molar-refractivity contribution >= 4 is 41.4 Å². The van der Waals surface area contributed by atoms with Crippen LogP contribution < -0.4 is 0 Å².